The molecule has 0 bridgehead atoms. The fourth-order valence-corrected chi connectivity index (χ4v) is 3.89. The second-order valence-corrected chi connectivity index (χ2v) is 6.64. The molecule has 19 heavy (non-hydrogen) atoms. The molecule has 2 unspecified atom stereocenters. The van der Waals surface area contributed by atoms with Gasteiger partial charge in [-0.1, -0.05) is 6.92 Å². The second-order valence-electron chi connectivity index (χ2n) is 5.56. The van der Waals surface area contributed by atoms with Crippen LogP contribution < -0.4 is 5.73 Å². The number of anilines is 1. The fraction of sp³-hybridized carbons (Fsp3) is 0.400. The van der Waals surface area contributed by atoms with E-state index in [2.05, 4.69) is 13.8 Å². The molecule has 0 aliphatic carbocycles. The van der Waals surface area contributed by atoms with Crippen LogP contribution in [0.1, 0.15) is 29.9 Å². The molecule has 1 aromatic carbocycles. The number of nitrogens with two attached hydrogens (primary N) is 1. The largest absolute Gasteiger partial charge is 0.399 e. The standard InChI is InChI=1S/C15H18N2OS/c1-9-5-10(2)17(8-9)15(18)14-7-11-6-12(16)3-4-13(11)19-14/h3-4,6-7,9-10H,5,8,16H2,1-2H3. The second kappa shape index (κ2) is 4.53. The molecule has 1 amide bonds. The van der Waals surface area contributed by atoms with Crippen molar-refractivity contribution in [3.63, 3.8) is 0 Å². The van der Waals surface area contributed by atoms with Crippen molar-refractivity contribution in [2.45, 2.75) is 26.3 Å². The minimum absolute atomic E-state index is 0.164. The predicted molar refractivity (Wildman–Crippen MR) is 80.5 cm³/mol. The molecule has 4 heteroatoms. The van der Waals surface area contributed by atoms with Gasteiger partial charge in [0.15, 0.2) is 0 Å². The number of hydrogen-bond donors (Lipinski definition) is 1. The summed E-state index contributed by atoms with van der Waals surface area (Å²) >= 11 is 1.56. The molecule has 3 rings (SSSR count). The van der Waals surface area contributed by atoms with Gasteiger partial charge in [-0.15, -0.1) is 11.3 Å². The predicted octanol–water partition coefficient (Wildman–Crippen LogP) is 3.35. The minimum atomic E-state index is 0.164. The first kappa shape index (κ1) is 12.5. The van der Waals surface area contributed by atoms with E-state index < -0.39 is 0 Å². The van der Waals surface area contributed by atoms with E-state index >= 15 is 0 Å². The number of fused-ring (bicyclic) bond motifs is 1. The zero-order valence-corrected chi connectivity index (χ0v) is 12.0. The summed E-state index contributed by atoms with van der Waals surface area (Å²) in [6.07, 6.45) is 1.10. The van der Waals surface area contributed by atoms with Crippen molar-refractivity contribution in [1.82, 2.24) is 4.90 Å². The molecule has 0 saturated carbocycles. The number of thiophene rings is 1. The first-order chi connectivity index (χ1) is 9.04. The Morgan fingerprint density at radius 1 is 1.37 bits per heavy atom. The number of benzene rings is 1. The third kappa shape index (κ3) is 2.21. The van der Waals surface area contributed by atoms with Crippen molar-refractivity contribution in [2.75, 3.05) is 12.3 Å². The maximum absolute atomic E-state index is 12.6. The molecule has 2 aromatic rings. The van der Waals surface area contributed by atoms with Crippen molar-refractivity contribution in [2.24, 2.45) is 5.92 Å². The number of carbonyl (C=O) groups excluding carboxylic acids is 1. The average molecular weight is 274 g/mol. The van der Waals surface area contributed by atoms with Gasteiger partial charge in [0.1, 0.15) is 0 Å². The van der Waals surface area contributed by atoms with Crippen molar-refractivity contribution < 1.29 is 4.79 Å². The highest BCUT2D eigenvalue weighted by atomic mass is 32.1. The van der Waals surface area contributed by atoms with Gasteiger partial charge in [0.25, 0.3) is 5.91 Å². The number of rotatable bonds is 1. The summed E-state index contributed by atoms with van der Waals surface area (Å²) in [6.45, 7) is 5.21. The number of carbonyl (C=O) groups is 1. The zero-order valence-electron chi connectivity index (χ0n) is 11.2. The lowest BCUT2D eigenvalue weighted by atomic mass is 10.1. The molecule has 1 saturated heterocycles. The van der Waals surface area contributed by atoms with Gasteiger partial charge in [0, 0.05) is 23.0 Å². The fourth-order valence-electron chi connectivity index (χ4n) is 2.89. The minimum Gasteiger partial charge on any atom is -0.399 e. The van der Waals surface area contributed by atoms with Crippen LogP contribution in [0.2, 0.25) is 0 Å². The van der Waals surface area contributed by atoms with Crippen molar-refractivity contribution in [1.29, 1.82) is 0 Å². The first-order valence-electron chi connectivity index (χ1n) is 6.64. The molecular formula is C15H18N2OS. The van der Waals surface area contributed by atoms with Crippen LogP contribution in [0.15, 0.2) is 24.3 Å². The van der Waals surface area contributed by atoms with E-state index in [1.165, 1.54) is 0 Å². The zero-order chi connectivity index (χ0) is 13.6. The van der Waals surface area contributed by atoms with Crippen LogP contribution in [0.3, 0.4) is 0 Å². The highest BCUT2D eigenvalue weighted by Gasteiger charge is 2.31. The molecule has 100 valence electrons. The third-order valence-corrected chi connectivity index (χ3v) is 4.90. The highest BCUT2D eigenvalue weighted by Crippen LogP contribution is 2.31. The molecule has 3 nitrogen and oxygen atoms in total. The van der Waals surface area contributed by atoms with Gasteiger partial charge < -0.3 is 10.6 Å². The average Bonchev–Trinajstić information content (AvgIpc) is 2.91. The Morgan fingerprint density at radius 3 is 2.84 bits per heavy atom. The van der Waals surface area contributed by atoms with E-state index in [1.807, 2.05) is 29.2 Å². The summed E-state index contributed by atoms with van der Waals surface area (Å²) in [4.78, 5) is 15.4. The van der Waals surface area contributed by atoms with Gasteiger partial charge in [-0.3, -0.25) is 4.79 Å². The summed E-state index contributed by atoms with van der Waals surface area (Å²) in [7, 11) is 0. The van der Waals surface area contributed by atoms with E-state index in [-0.39, 0.29) is 5.91 Å². The molecule has 0 radical (unpaired) electrons. The lowest BCUT2D eigenvalue weighted by Crippen LogP contribution is -2.33. The topological polar surface area (TPSA) is 46.3 Å². The lowest BCUT2D eigenvalue weighted by Gasteiger charge is -2.20. The van der Waals surface area contributed by atoms with Gasteiger partial charge in [-0.2, -0.15) is 0 Å². The van der Waals surface area contributed by atoms with Crippen molar-refractivity contribution >= 4 is 33.0 Å². The molecule has 2 heterocycles. The van der Waals surface area contributed by atoms with Crippen LogP contribution in [0.4, 0.5) is 5.69 Å². The maximum atomic E-state index is 12.6. The van der Waals surface area contributed by atoms with E-state index in [0.29, 0.717) is 12.0 Å². The summed E-state index contributed by atoms with van der Waals surface area (Å²) in [6, 6.07) is 8.11. The number of nitrogens with zero attached hydrogens (tertiary/aromatic N) is 1. The number of nitrogen functional groups attached to an aromatic ring is 1. The van der Waals surface area contributed by atoms with E-state index in [1.54, 1.807) is 11.3 Å². The molecule has 1 aromatic heterocycles. The van der Waals surface area contributed by atoms with Crippen LogP contribution in [-0.4, -0.2) is 23.4 Å². The number of likely N-dealkylation sites (tertiary alicyclic amines) is 1. The van der Waals surface area contributed by atoms with Gasteiger partial charge in [-0.25, -0.2) is 0 Å². The van der Waals surface area contributed by atoms with Crippen LogP contribution in [0, 0.1) is 5.92 Å². The van der Waals surface area contributed by atoms with Crippen LogP contribution >= 0.6 is 11.3 Å². The Bertz CT molecular complexity index is 634. The maximum Gasteiger partial charge on any atom is 0.264 e. The van der Waals surface area contributed by atoms with Crippen LogP contribution in [-0.2, 0) is 0 Å². The summed E-state index contributed by atoms with van der Waals surface area (Å²) < 4.78 is 1.12. The summed E-state index contributed by atoms with van der Waals surface area (Å²) in [5, 5.41) is 1.06. The molecule has 1 fully saturated rings. The highest BCUT2D eigenvalue weighted by molar-refractivity contribution is 7.20. The Kier molecular flexibility index (Phi) is 2.97. The monoisotopic (exact) mass is 274 g/mol. The Balaban J connectivity index is 1.93. The smallest absolute Gasteiger partial charge is 0.264 e. The molecule has 1 aliphatic rings. The summed E-state index contributed by atoms with van der Waals surface area (Å²) in [5.41, 5.74) is 6.52. The Hall–Kier alpha value is -1.55. The number of amides is 1. The Labute approximate surface area is 117 Å². The molecule has 2 N–H and O–H groups in total. The van der Waals surface area contributed by atoms with Gasteiger partial charge in [0.05, 0.1) is 4.88 Å². The molecular weight excluding hydrogens is 256 g/mol. The normalized spacial score (nSPS) is 23.2. The Morgan fingerprint density at radius 2 is 2.16 bits per heavy atom. The van der Waals surface area contributed by atoms with Crippen molar-refractivity contribution in [3.8, 4) is 0 Å². The third-order valence-electron chi connectivity index (χ3n) is 3.80. The quantitative estimate of drug-likeness (QED) is 0.811. The number of hydrogen-bond acceptors (Lipinski definition) is 3. The SMILES string of the molecule is CC1CC(C)N(C(=O)c2cc3cc(N)ccc3s2)C1. The van der Waals surface area contributed by atoms with Crippen LogP contribution in [0.25, 0.3) is 10.1 Å². The van der Waals surface area contributed by atoms with Crippen molar-refractivity contribution in [3.05, 3.63) is 29.1 Å². The summed E-state index contributed by atoms with van der Waals surface area (Å²) in [5.74, 6) is 0.764. The van der Waals surface area contributed by atoms with E-state index in [0.717, 1.165) is 33.6 Å². The van der Waals surface area contributed by atoms with E-state index in [4.69, 9.17) is 5.73 Å². The first-order valence-corrected chi connectivity index (χ1v) is 7.46. The van der Waals surface area contributed by atoms with Crippen LogP contribution in [0.5, 0.6) is 0 Å². The lowest BCUT2D eigenvalue weighted by molar-refractivity contribution is 0.0749. The van der Waals surface area contributed by atoms with E-state index in [9.17, 15) is 4.79 Å². The molecule has 1 aliphatic heterocycles. The molecule has 2 atom stereocenters. The van der Waals surface area contributed by atoms with Gasteiger partial charge >= 0.3 is 0 Å². The van der Waals surface area contributed by atoms with Gasteiger partial charge in [-0.05, 0) is 48.9 Å². The van der Waals surface area contributed by atoms with Gasteiger partial charge in [0.2, 0.25) is 0 Å². The molecule has 0 spiro atoms.